The van der Waals surface area contributed by atoms with Gasteiger partial charge in [-0.3, -0.25) is 9.78 Å². The molecule has 19 heavy (non-hydrogen) atoms. The van der Waals surface area contributed by atoms with Crippen LogP contribution < -0.4 is 5.32 Å². The maximum Gasteiger partial charge on any atom is 0.253 e. The molecule has 0 saturated heterocycles. The van der Waals surface area contributed by atoms with Crippen molar-refractivity contribution in [3.8, 4) is 0 Å². The van der Waals surface area contributed by atoms with E-state index in [-0.39, 0.29) is 5.91 Å². The lowest BCUT2D eigenvalue weighted by Gasteiger charge is -2.37. The number of carbonyl (C=O) groups excluding carboxylic acids is 1. The molecular formula is C16H24N2O. The molecule has 2 rings (SSSR count). The van der Waals surface area contributed by atoms with Gasteiger partial charge in [0.2, 0.25) is 0 Å². The first-order valence-corrected chi connectivity index (χ1v) is 7.28. The normalized spacial score (nSPS) is 27.3. The first kappa shape index (κ1) is 14.0. The third-order valence-electron chi connectivity index (χ3n) is 4.26. The van der Waals surface area contributed by atoms with Crippen LogP contribution in [0.1, 0.15) is 50.4 Å². The van der Waals surface area contributed by atoms with E-state index >= 15 is 0 Å². The molecule has 1 aliphatic carbocycles. The maximum absolute atomic E-state index is 12.2. The van der Waals surface area contributed by atoms with Crippen molar-refractivity contribution in [2.75, 3.05) is 0 Å². The van der Waals surface area contributed by atoms with Crippen molar-refractivity contribution < 1.29 is 4.79 Å². The monoisotopic (exact) mass is 260 g/mol. The number of hydrogen-bond acceptors (Lipinski definition) is 2. The van der Waals surface area contributed by atoms with E-state index in [0.29, 0.717) is 29.4 Å². The lowest BCUT2D eigenvalue weighted by molar-refractivity contribution is 0.0867. The number of hydrogen-bond donors (Lipinski definition) is 1. The van der Waals surface area contributed by atoms with E-state index in [1.165, 1.54) is 12.8 Å². The SMILES string of the molecule is CC(C)[C@@H]1CC[C@@H](C)C[C@H]1NC(=O)c1cccnc1. The van der Waals surface area contributed by atoms with Crippen molar-refractivity contribution in [2.24, 2.45) is 17.8 Å². The molecule has 0 bridgehead atoms. The van der Waals surface area contributed by atoms with Gasteiger partial charge >= 0.3 is 0 Å². The Balaban J connectivity index is 2.04. The van der Waals surface area contributed by atoms with Gasteiger partial charge in [0.25, 0.3) is 5.91 Å². The summed E-state index contributed by atoms with van der Waals surface area (Å²) in [5, 5.41) is 3.22. The Morgan fingerprint density at radius 1 is 1.42 bits per heavy atom. The number of aromatic nitrogens is 1. The molecule has 1 aromatic rings. The Hall–Kier alpha value is -1.38. The molecule has 1 aromatic heterocycles. The Morgan fingerprint density at radius 3 is 2.84 bits per heavy atom. The highest BCUT2D eigenvalue weighted by Crippen LogP contribution is 2.33. The summed E-state index contributed by atoms with van der Waals surface area (Å²) in [6.07, 6.45) is 6.91. The largest absolute Gasteiger partial charge is 0.349 e. The minimum Gasteiger partial charge on any atom is -0.349 e. The van der Waals surface area contributed by atoms with Crippen LogP contribution >= 0.6 is 0 Å². The van der Waals surface area contributed by atoms with Crippen molar-refractivity contribution in [1.82, 2.24) is 10.3 Å². The van der Waals surface area contributed by atoms with E-state index in [1.54, 1.807) is 18.5 Å². The lowest BCUT2D eigenvalue weighted by atomic mass is 9.74. The summed E-state index contributed by atoms with van der Waals surface area (Å²) in [7, 11) is 0. The van der Waals surface area contributed by atoms with E-state index in [0.717, 1.165) is 6.42 Å². The standard InChI is InChI=1S/C16H24N2O/c1-11(2)14-7-6-12(3)9-15(14)18-16(19)13-5-4-8-17-10-13/h4-5,8,10-12,14-15H,6-7,9H2,1-3H3,(H,18,19)/t12-,14+,15-/m1/s1. The van der Waals surface area contributed by atoms with Gasteiger partial charge < -0.3 is 5.32 Å². The molecule has 0 aliphatic heterocycles. The van der Waals surface area contributed by atoms with Crippen LogP contribution in [0.15, 0.2) is 24.5 Å². The van der Waals surface area contributed by atoms with Crippen molar-refractivity contribution in [3.05, 3.63) is 30.1 Å². The Kier molecular flexibility index (Phi) is 4.56. The van der Waals surface area contributed by atoms with Crippen molar-refractivity contribution >= 4 is 5.91 Å². The predicted octanol–water partition coefficient (Wildman–Crippen LogP) is 3.27. The third kappa shape index (κ3) is 3.55. The minimum atomic E-state index is 0.0119. The van der Waals surface area contributed by atoms with E-state index in [2.05, 4.69) is 31.1 Å². The Morgan fingerprint density at radius 2 is 2.21 bits per heavy atom. The van der Waals surface area contributed by atoms with Gasteiger partial charge in [-0.25, -0.2) is 0 Å². The summed E-state index contributed by atoms with van der Waals surface area (Å²) in [5.41, 5.74) is 0.656. The van der Waals surface area contributed by atoms with E-state index in [1.807, 2.05) is 6.07 Å². The van der Waals surface area contributed by atoms with E-state index in [9.17, 15) is 4.79 Å². The number of rotatable bonds is 3. The van der Waals surface area contributed by atoms with Crippen LogP contribution in [0.25, 0.3) is 0 Å². The first-order valence-electron chi connectivity index (χ1n) is 7.28. The van der Waals surface area contributed by atoms with Crippen LogP contribution in [-0.4, -0.2) is 16.9 Å². The topological polar surface area (TPSA) is 42.0 Å². The third-order valence-corrected chi connectivity index (χ3v) is 4.26. The molecule has 104 valence electrons. The fraction of sp³-hybridized carbons (Fsp3) is 0.625. The lowest BCUT2D eigenvalue weighted by Crippen LogP contribution is -2.45. The number of nitrogens with one attached hydrogen (secondary N) is 1. The first-order chi connectivity index (χ1) is 9.08. The average Bonchev–Trinajstić information content (AvgIpc) is 2.39. The molecule has 0 aromatic carbocycles. The molecule has 0 unspecified atom stereocenters. The van der Waals surface area contributed by atoms with Crippen LogP contribution in [0.3, 0.4) is 0 Å². The fourth-order valence-corrected chi connectivity index (χ4v) is 3.12. The summed E-state index contributed by atoms with van der Waals surface area (Å²) < 4.78 is 0. The second-order valence-electron chi connectivity index (χ2n) is 6.15. The highest BCUT2D eigenvalue weighted by molar-refractivity contribution is 5.94. The molecule has 1 aliphatic rings. The molecule has 1 fully saturated rings. The molecule has 0 spiro atoms. The molecular weight excluding hydrogens is 236 g/mol. The zero-order chi connectivity index (χ0) is 13.8. The summed E-state index contributed by atoms with van der Waals surface area (Å²) in [5.74, 6) is 1.93. The van der Waals surface area contributed by atoms with Gasteiger partial charge in [-0.05, 0) is 42.7 Å². The van der Waals surface area contributed by atoms with Gasteiger partial charge in [0, 0.05) is 18.4 Å². The summed E-state index contributed by atoms with van der Waals surface area (Å²) in [6.45, 7) is 6.79. The van der Waals surface area contributed by atoms with Crippen LogP contribution in [0.5, 0.6) is 0 Å². The van der Waals surface area contributed by atoms with Crippen LogP contribution in [-0.2, 0) is 0 Å². The molecule has 3 nitrogen and oxygen atoms in total. The maximum atomic E-state index is 12.2. The summed E-state index contributed by atoms with van der Waals surface area (Å²) >= 11 is 0. The van der Waals surface area contributed by atoms with Gasteiger partial charge in [0.1, 0.15) is 0 Å². The number of pyridine rings is 1. The minimum absolute atomic E-state index is 0.0119. The van der Waals surface area contributed by atoms with Gasteiger partial charge in [0.05, 0.1) is 5.56 Å². The second-order valence-corrected chi connectivity index (χ2v) is 6.15. The summed E-state index contributed by atoms with van der Waals surface area (Å²) in [4.78, 5) is 16.2. The summed E-state index contributed by atoms with van der Waals surface area (Å²) in [6, 6.07) is 3.92. The second kappa shape index (κ2) is 6.18. The van der Waals surface area contributed by atoms with E-state index < -0.39 is 0 Å². The van der Waals surface area contributed by atoms with E-state index in [4.69, 9.17) is 0 Å². The molecule has 1 saturated carbocycles. The number of nitrogens with zero attached hydrogens (tertiary/aromatic N) is 1. The number of amides is 1. The Labute approximate surface area is 115 Å². The van der Waals surface area contributed by atoms with Gasteiger partial charge in [-0.1, -0.05) is 27.2 Å². The van der Waals surface area contributed by atoms with Crippen LogP contribution in [0, 0.1) is 17.8 Å². The van der Waals surface area contributed by atoms with Gasteiger partial charge in [-0.2, -0.15) is 0 Å². The molecule has 0 radical (unpaired) electrons. The highest BCUT2D eigenvalue weighted by Gasteiger charge is 2.31. The number of carbonyl (C=O) groups is 1. The molecule has 3 atom stereocenters. The molecule has 1 heterocycles. The van der Waals surface area contributed by atoms with Crippen molar-refractivity contribution in [2.45, 2.75) is 46.1 Å². The highest BCUT2D eigenvalue weighted by atomic mass is 16.1. The average molecular weight is 260 g/mol. The zero-order valence-electron chi connectivity index (χ0n) is 12.1. The van der Waals surface area contributed by atoms with Crippen LogP contribution in [0.4, 0.5) is 0 Å². The van der Waals surface area contributed by atoms with Crippen molar-refractivity contribution in [3.63, 3.8) is 0 Å². The fourth-order valence-electron chi connectivity index (χ4n) is 3.12. The smallest absolute Gasteiger partial charge is 0.253 e. The quantitative estimate of drug-likeness (QED) is 0.906. The Bertz CT molecular complexity index is 416. The zero-order valence-corrected chi connectivity index (χ0v) is 12.1. The molecule has 1 N–H and O–H groups in total. The molecule has 3 heteroatoms. The van der Waals surface area contributed by atoms with Gasteiger partial charge in [-0.15, -0.1) is 0 Å². The van der Waals surface area contributed by atoms with Crippen LogP contribution in [0.2, 0.25) is 0 Å². The van der Waals surface area contributed by atoms with Crippen molar-refractivity contribution in [1.29, 1.82) is 0 Å². The predicted molar refractivity (Wildman–Crippen MR) is 76.8 cm³/mol. The molecule has 1 amide bonds. The van der Waals surface area contributed by atoms with Gasteiger partial charge in [0.15, 0.2) is 0 Å².